The predicted octanol–water partition coefficient (Wildman–Crippen LogP) is 4.07. The number of methoxy groups -OCH3 is 2. The predicted molar refractivity (Wildman–Crippen MR) is 81.9 cm³/mol. The van der Waals surface area contributed by atoms with Crippen LogP contribution in [0.2, 0.25) is 0 Å². The highest BCUT2D eigenvalue weighted by Gasteiger charge is 2.13. The molecule has 1 aromatic heterocycles. The van der Waals surface area contributed by atoms with Crippen molar-refractivity contribution in [2.24, 2.45) is 0 Å². The lowest BCUT2D eigenvalue weighted by molar-refractivity contribution is 0.414. The molecule has 3 rings (SSSR count). The van der Waals surface area contributed by atoms with Gasteiger partial charge in [-0.05, 0) is 36.8 Å². The average Bonchev–Trinajstić information content (AvgIpc) is 2.97. The van der Waals surface area contributed by atoms with Crippen LogP contribution in [0.5, 0.6) is 11.5 Å². The molecule has 0 atom stereocenters. The van der Waals surface area contributed by atoms with Gasteiger partial charge in [0.05, 0.1) is 14.2 Å². The first kappa shape index (κ1) is 13.5. The fourth-order valence-electron chi connectivity index (χ4n) is 2.31. The normalized spacial score (nSPS) is 10.8. The molecule has 0 saturated heterocycles. The molecule has 108 valence electrons. The summed E-state index contributed by atoms with van der Waals surface area (Å²) in [5.74, 6) is 2.22. The number of hydrogen-bond donors (Lipinski definition) is 0. The van der Waals surface area contributed by atoms with E-state index in [2.05, 4.69) is 11.9 Å². The topological polar surface area (TPSA) is 44.5 Å². The van der Waals surface area contributed by atoms with Crippen LogP contribution in [0.3, 0.4) is 0 Å². The standard InChI is InChI=1S/C17H17NO3/c1-4-11-9-14(20-3)10-15-16(11)21-17(18-15)12-5-7-13(19-2)8-6-12/h5-10H,4H2,1-3H3. The first-order valence-electron chi connectivity index (χ1n) is 6.87. The van der Waals surface area contributed by atoms with E-state index in [0.29, 0.717) is 5.89 Å². The minimum atomic E-state index is 0.607. The van der Waals surface area contributed by atoms with Gasteiger partial charge >= 0.3 is 0 Å². The van der Waals surface area contributed by atoms with Crippen molar-refractivity contribution in [1.82, 2.24) is 4.98 Å². The Morgan fingerprint density at radius 2 is 1.71 bits per heavy atom. The number of fused-ring (bicyclic) bond motifs is 1. The Labute approximate surface area is 123 Å². The van der Waals surface area contributed by atoms with Crippen molar-refractivity contribution in [2.45, 2.75) is 13.3 Å². The molecule has 0 radical (unpaired) electrons. The van der Waals surface area contributed by atoms with Crippen molar-refractivity contribution >= 4 is 11.1 Å². The maximum atomic E-state index is 5.94. The number of aromatic nitrogens is 1. The van der Waals surface area contributed by atoms with Gasteiger partial charge < -0.3 is 13.9 Å². The van der Waals surface area contributed by atoms with Crippen LogP contribution < -0.4 is 9.47 Å². The van der Waals surface area contributed by atoms with Gasteiger partial charge in [-0.1, -0.05) is 6.92 Å². The summed E-state index contributed by atoms with van der Waals surface area (Å²) in [5, 5.41) is 0. The molecule has 0 bridgehead atoms. The highest BCUT2D eigenvalue weighted by molar-refractivity contribution is 5.81. The number of oxazole rings is 1. The fraction of sp³-hybridized carbons (Fsp3) is 0.235. The zero-order chi connectivity index (χ0) is 14.8. The number of nitrogens with zero attached hydrogens (tertiary/aromatic N) is 1. The third-order valence-electron chi connectivity index (χ3n) is 3.49. The van der Waals surface area contributed by atoms with E-state index in [-0.39, 0.29) is 0 Å². The summed E-state index contributed by atoms with van der Waals surface area (Å²) < 4.78 is 16.4. The zero-order valence-corrected chi connectivity index (χ0v) is 12.3. The van der Waals surface area contributed by atoms with E-state index >= 15 is 0 Å². The molecule has 21 heavy (non-hydrogen) atoms. The van der Waals surface area contributed by atoms with E-state index in [1.54, 1.807) is 14.2 Å². The lowest BCUT2D eigenvalue weighted by Crippen LogP contribution is -1.87. The van der Waals surface area contributed by atoms with Crippen molar-refractivity contribution in [3.8, 4) is 23.0 Å². The Morgan fingerprint density at radius 1 is 1.00 bits per heavy atom. The van der Waals surface area contributed by atoms with E-state index in [1.807, 2.05) is 36.4 Å². The smallest absolute Gasteiger partial charge is 0.227 e. The van der Waals surface area contributed by atoms with Gasteiger partial charge in [0.2, 0.25) is 5.89 Å². The van der Waals surface area contributed by atoms with E-state index in [0.717, 1.165) is 40.1 Å². The molecule has 1 heterocycles. The Hall–Kier alpha value is -2.49. The van der Waals surface area contributed by atoms with Crippen molar-refractivity contribution in [3.05, 3.63) is 42.0 Å². The van der Waals surface area contributed by atoms with Crippen molar-refractivity contribution in [3.63, 3.8) is 0 Å². The Kier molecular flexibility index (Phi) is 3.52. The van der Waals surface area contributed by atoms with Crippen LogP contribution in [-0.2, 0) is 6.42 Å². The largest absolute Gasteiger partial charge is 0.497 e. The number of rotatable bonds is 4. The van der Waals surface area contributed by atoms with Gasteiger partial charge in [0, 0.05) is 17.2 Å². The maximum Gasteiger partial charge on any atom is 0.227 e. The van der Waals surface area contributed by atoms with Crippen LogP contribution in [0, 0.1) is 0 Å². The first-order valence-corrected chi connectivity index (χ1v) is 6.87. The zero-order valence-electron chi connectivity index (χ0n) is 12.3. The van der Waals surface area contributed by atoms with Gasteiger partial charge in [-0.15, -0.1) is 0 Å². The van der Waals surface area contributed by atoms with Crippen LogP contribution in [-0.4, -0.2) is 19.2 Å². The summed E-state index contributed by atoms with van der Waals surface area (Å²) in [6.45, 7) is 2.09. The molecule has 0 amide bonds. The molecule has 0 aliphatic heterocycles. The molecule has 0 aliphatic rings. The number of benzene rings is 2. The highest BCUT2D eigenvalue weighted by Crippen LogP contribution is 2.31. The summed E-state index contributed by atoms with van der Waals surface area (Å²) in [6, 6.07) is 11.5. The second-order valence-electron chi connectivity index (χ2n) is 4.74. The molecular weight excluding hydrogens is 266 g/mol. The van der Waals surface area contributed by atoms with Crippen LogP contribution in [0.1, 0.15) is 12.5 Å². The summed E-state index contributed by atoms with van der Waals surface area (Å²) >= 11 is 0. The van der Waals surface area contributed by atoms with Crippen LogP contribution in [0.15, 0.2) is 40.8 Å². The molecule has 0 N–H and O–H groups in total. The highest BCUT2D eigenvalue weighted by atomic mass is 16.5. The third-order valence-corrected chi connectivity index (χ3v) is 3.49. The van der Waals surface area contributed by atoms with Gasteiger partial charge in [-0.3, -0.25) is 0 Å². The van der Waals surface area contributed by atoms with Gasteiger partial charge in [0.25, 0.3) is 0 Å². The minimum absolute atomic E-state index is 0.607. The number of hydrogen-bond acceptors (Lipinski definition) is 4. The van der Waals surface area contributed by atoms with Crippen molar-refractivity contribution in [2.75, 3.05) is 14.2 Å². The van der Waals surface area contributed by atoms with E-state index < -0.39 is 0 Å². The summed E-state index contributed by atoms with van der Waals surface area (Å²) in [4.78, 5) is 4.57. The SMILES string of the molecule is CCc1cc(OC)cc2nc(-c3ccc(OC)cc3)oc12. The Bertz CT molecular complexity index is 760. The number of ether oxygens (including phenoxy) is 2. The molecular formula is C17H17NO3. The lowest BCUT2D eigenvalue weighted by Gasteiger charge is -2.02. The Morgan fingerprint density at radius 3 is 2.33 bits per heavy atom. The molecule has 2 aromatic carbocycles. The van der Waals surface area contributed by atoms with Crippen molar-refractivity contribution < 1.29 is 13.9 Å². The summed E-state index contributed by atoms with van der Waals surface area (Å²) in [5.41, 5.74) is 3.66. The molecule has 3 aromatic rings. The third kappa shape index (κ3) is 2.44. The van der Waals surface area contributed by atoms with E-state index in [4.69, 9.17) is 13.9 Å². The second kappa shape index (κ2) is 5.48. The maximum absolute atomic E-state index is 5.94. The van der Waals surface area contributed by atoms with Gasteiger partial charge in [0.15, 0.2) is 5.58 Å². The molecule has 4 heteroatoms. The van der Waals surface area contributed by atoms with E-state index in [9.17, 15) is 0 Å². The molecule has 0 spiro atoms. The van der Waals surface area contributed by atoms with Gasteiger partial charge in [0.1, 0.15) is 17.0 Å². The lowest BCUT2D eigenvalue weighted by atomic mass is 10.1. The van der Waals surface area contributed by atoms with Crippen LogP contribution in [0.25, 0.3) is 22.6 Å². The van der Waals surface area contributed by atoms with Gasteiger partial charge in [-0.25, -0.2) is 4.98 Å². The quantitative estimate of drug-likeness (QED) is 0.724. The van der Waals surface area contributed by atoms with Crippen molar-refractivity contribution in [1.29, 1.82) is 0 Å². The molecule has 0 aliphatic carbocycles. The minimum Gasteiger partial charge on any atom is -0.497 e. The Balaban J connectivity index is 2.11. The molecule has 0 fully saturated rings. The second-order valence-corrected chi connectivity index (χ2v) is 4.74. The molecule has 0 saturated carbocycles. The van der Waals surface area contributed by atoms with E-state index in [1.165, 1.54) is 0 Å². The van der Waals surface area contributed by atoms with Crippen LogP contribution >= 0.6 is 0 Å². The molecule has 0 unspecified atom stereocenters. The average molecular weight is 283 g/mol. The summed E-state index contributed by atoms with van der Waals surface area (Å²) in [7, 11) is 3.30. The summed E-state index contributed by atoms with van der Waals surface area (Å²) in [6.07, 6.45) is 0.866. The molecule has 4 nitrogen and oxygen atoms in total. The monoisotopic (exact) mass is 283 g/mol. The first-order chi connectivity index (χ1) is 10.2. The number of aryl methyl sites for hydroxylation is 1. The van der Waals surface area contributed by atoms with Gasteiger partial charge in [-0.2, -0.15) is 0 Å². The fourth-order valence-corrected chi connectivity index (χ4v) is 2.31. The van der Waals surface area contributed by atoms with Crippen LogP contribution in [0.4, 0.5) is 0 Å².